The second-order valence-corrected chi connectivity index (χ2v) is 5.32. The van der Waals surface area contributed by atoms with Crippen LogP contribution in [0.15, 0.2) is 24.3 Å². The van der Waals surface area contributed by atoms with E-state index in [4.69, 9.17) is 4.74 Å². The molecule has 1 aromatic carbocycles. The maximum absolute atomic E-state index is 12.3. The molecule has 7 nitrogen and oxygen atoms in total. The molecular formula is C14H13F3N2O5. The number of carbonyl (C=O) groups excluding carboxylic acids is 2. The zero-order valence-electron chi connectivity index (χ0n) is 12.3. The van der Waals surface area contributed by atoms with Crippen molar-refractivity contribution in [3.05, 3.63) is 39.9 Å². The molecule has 1 fully saturated rings. The number of likely N-dealkylation sites (tertiary alicyclic amines) is 1. The molecule has 130 valence electrons. The average molecular weight is 346 g/mol. The molecule has 0 aliphatic carbocycles. The fraction of sp³-hybridized carbons (Fsp3) is 0.429. The van der Waals surface area contributed by atoms with E-state index in [1.165, 1.54) is 24.3 Å². The Bertz CT molecular complexity index is 645. The van der Waals surface area contributed by atoms with Gasteiger partial charge in [0.1, 0.15) is 13.2 Å². The smallest absolute Gasteiger partial charge is 0.406 e. The normalized spacial score (nSPS) is 17.9. The van der Waals surface area contributed by atoms with Crippen molar-refractivity contribution in [1.82, 2.24) is 4.90 Å². The van der Waals surface area contributed by atoms with E-state index in [-0.39, 0.29) is 25.3 Å². The van der Waals surface area contributed by atoms with Crippen molar-refractivity contribution >= 4 is 17.6 Å². The van der Waals surface area contributed by atoms with Gasteiger partial charge in [-0.3, -0.25) is 19.7 Å². The minimum Gasteiger partial charge on any atom is -0.461 e. The molecular weight excluding hydrogens is 333 g/mol. The zero-order chi connectivity index (χ0) is 17.9. The molecule has 0 unspecified atom stereocenters. The third-order valence-corrected chi connectivity index (χ3v) is 3.45. The molecule has 1 aromatic rings. The van der Waals surface area contributed by atoms with E-state index < -0.39 is 35.4 Å². The first kappa shape index (κ1) is 17.7. The number of alkyl halides is 3. The summed E-state index contributed by atoms with van der Waals surface area (Å²) in [6, 6.07) is 5.29. The topological polar surface area (TPSA) is 89.7 Å². The van der Waals surface area contributed by atoms with Gasteiger partial charge >= 0.3 is 12.1 Å². The molecule has 0 saturated carbocycles. The Morgan fingerprint density at radius 3 is 2.50 bits per heavy atom. The summed E-state index contributed by atoms with van der Waals surface area (Å²) >= 11 is 0. The third kappa shape index (κ3) is 4.67. The van der Waals surface area contributed by atoms with Gasteiger partial charge < -0.3 is 9.64 Å². The lowest BCUT2D eigenvalue weighted by atomic mass is 10.1. The van der Waals surface area contributed by atoms with Gasteiger partial charge in [0.05, 0.1) is 10.8 Å². The fourth-order valence-electron chi connectivity index (χ4n) is 2.29. The summed E-state index contributed by atoms with van der Waals surface area (Å²) in [5, 5.41) is 10.5. The lowest BCUT2D eigenvalue weighted by molar-refractivity contribution is -0.384. The first-order chi connectivity index (χ1) is 11.2. The second-order valence-electron chi connectivity index (χ2n) is 5.32. The molecule has 1 amide bonds. The molecule has 0 aromatic heterocycles. The summed E-state index contributed by atoms with van der Waals surface area (Å²) in [4.78, 5) is 33.9. The van der Waals surface area contributed by atoms with Gasteiger partial charge in [-0.1, -0.05) is 0 Å². The number of benzene rings is 1. The van der Waals surface area contributed by atoms with Gasteiger partial charge in [0.15, 0.2) is 0 Å². The Hall–Kier alpha value is -2.65. The van der Waals surface area contributed by atoms with Crippen LogP contribution >= 0.6 is 0 Å². The Morgan fingerprint density at radius 1 is 1.33 bits per heavy atom. The average Bonchev–Trinajstić information content (AvgIpc) is 2.84. The lowest BCUT2D eigenvalue weighted by Gasteiger charge is -2.18. The van der Waals surface area contributed by atoms with Gasteiger partial charge in [-0.15, -0.1) is 0 Å². The van der Waals surface area contributed by atoms with Crippen LogP contribution in [0.1, 0.15) is 12.0 Å². The van der Waals surface area contributed by atoms with Gasteiger partial charge in [-0.2, -0.15) is 13.2 Å². The Balaban J connectivity index is 1.87. The molecule has 1 atom stereocenters. The van der Waals surface area contributed by atoms with E-state index in [1.807, 2.05) is 0 Å². The molecule has 1 aliphatic heterocycles. The highest BCUT2D eigenvalue weighted by Gasteiger charge is 2.41. The largest absolute Gasteiger partial charge is 0.461 e. The number of hydrogen-bond acceptors (Lipinski definition) is 5. The maximum atomic E-state index is 12.3. The van der Waals surface area contributed by atoms with Crippen molar-refractivity contribution in [3.8, 4) is 0 Å². The minimum atomic E-state index is -4.52. The van der Waals surface area contributed by atoms with Gasteiger partial charge in [0.25, 0.3) is 5.69 Å². The molecule has 0 bridgehead atoms. The number of rotatable bonds is 5. The number of nitrogens with zero attached hydrogens (tertiary/aromatic N) is 2. The number of amides is 1. The van der Waals surface area contributed by atoms with E-state index in [0.29, 0.717) is 10.5 Å². The van der Waals surface area contributed by atoms with Crippen molar-refractivity contribution in [2.45, 2.75) is 19.2 Å². The highest BCUT2D eigenvalue weighted by atomic mass is 19.4. The van der Waals surface area contributed by atoms with Crippen LogP contribution in [0.5, 0.6) is 0 Å². The van der Waals surface area contributed by atoms with Crippen LogP contribution < -0.4 is 0 Å². The molecule has 0 spiro atoms. The maximum Gasteiger partial charge on any atom is 0.406 e. The molecule has 2 rings (SSSR count). The Morgan fingerprint density at radius 2 is 1.96 bits per heavy atom. The van der Waals surface area contributed by atoms with Crippen LogP contribution in [0, 0.1) is 16.0 Å². The van der Waals surface area contributed by atoms with Crippen LogP contribution in [-0.4, -0.2) is 41.0 Å². The van der Waals surface area contributed by atoms with Gasteiger partial charge in [0, 0.05) is 25.1 Å². The minimum absolute atomic E-state index is 0.116. The number of non-ortho nitro benzene ring substituents is 1. The number of esters is 1. The Kier molecular flexibility index (Phi) is 5.05. The van der Waals surface area contributed by atoms with Crippen LogP contribution in [0.2, 0.25) is 0 Å². The number of nitro groups is 1. The first-order valence-electron chi connectivity index (χ1n) is 6.90. The molecule has 0 N–H and O–H groups in total. The van der Waals surface area contributed by atoms with E-state index in [1.54, 1.807) is 0 Å². The summed E-state index contributed by atoms with van der Waals surface area (Å²) in [5.74, 6) is -2.46. The van der Waals surface area contributed by atoms with E-state index in [9.17, 15) is 32.9 Å². The SMILES string of the molecule is O=C(OCc1ccc([N+](=O)[O-])cc1)[C@@H]1CC(=O)N(CC(F)(F)F)C1. The molecule has 1 heterocycles. The van der Waals surface area contributed by atoms with Gasteiger partial charge in [0.2, 0.25) is 5.91 Å². The van der Waals surface area contributed by atoms with E-state index in [0.717, 1.165) is 0 Å². The van der Waals surface area contributed by atoms with Crippen LogP contribution in [0.25, 0.3) is 0 Å². The first-order valence-corrected chi connectivity index (χ1v) is 6.90. The third-order valence-electron chi connectivity index (χ3n) is 3.45. The lowest BCUT2D eigenvalue weighted by Crippen LogP contribution is -2.35. The van der Waals surface area contributed by atoms with Gasteiger partial charge in [-0.05, 0) is 17.7 Å². The summed E-state index contributed by atoms with van der Waals surface area (Å²) in [6.45, 7) is -1.91. The van der Waals surface area contributed by atoms with Crippen molar-refractivity contribution in [2.75, 3.05) is 13.1 Å². The highest BCUT2D eigenvalue weighted by Crippen LogP contribution is 2.25. The molecule has 10 heteroatoms. The summed E-state index contributed by atoms with van der Waals surface area (Å²) in [5.41, 5.74) is 0.375. The van der Waals surface area contributed by atoms with Crippen molar-refractivity contribution < 1.29 is 32.4 Å². The zero-order valence-corrected chi connectivity index (χ0v) is 12.3. The summed E-state index contributed by atoms with van der Waals surface area (Å²) in [7, 11) is 0. The van der Waals surface area contributed by atoms with Crippen molar-refractivity contribution in [3.63, 3.8) is 0 Å². The van der Waals surface area contributed by atoms with Crippen molar-refractivity contribution in [2.24, 2.45) is 5.92 Å². The number of carbonyl (C=O) groups is 2. The predicted molar refractivity (Wildman–Crippen MR) is 73.6 cm³/mol. The summed E-state index contributed by atoms with van der Waals surface area (Å²) < 4.78 is 41.9. The van der Waals surface area contributed by atoms with E-state index in [2.05, 4.69) is 0 Å². The molecule has 1 aliphatic rings. The monoisotopic (exact) mass is 346 g/mol. The quantitative estimate of drug-likeness (QED) is 0.462. The van der Waals surface area contributed by atoms with Gasteiger partial charge in [-0.25, -0.2) is 0 Å². The van der Waals surface area contributed by atoms with Crippen LogP contribution in [-0.2, 0) is 20.9 Å². The fourth-order valence-corrected chi connectivity index (χ4v) is 2.29. The van der Waals surface area contributed by atoms with Crippen LogP contribution in [0.3, 0.4) is 0 Å². The number of halogens is 3. The molecule has 0 radical (unpaired) electrons. The number of nitro benzene ring substituents is 1. The van der Waals surface area contributed by atoms with Crippen LogP contribution in [0.4, 0.5) is 18.9 Å². The van der Waals surface area contributed by atoms with E-state index >= 15 is 0 Å². The predicted octanol–water partition coefficient (Wildman–Crippen LogP) is 2.05. The number of hydrogen-bond donors (Lipinski definition) is 0. The molecule has 1 saturated heterocycles. The second kappa shape index (κ2) is 6.85. The highest BCUT2D eigenvalue weighted by molar-refractivity contribution is 5.86. The number of ether oxygens (including phenoxy) is 1. The standard InChI is InChI=1S/C14H13F3N2O5/c15-14(16,17)8-18-6-10(5-12(18)20)13(21)24-7-9-1-3-11(4-2-9)19(22)23/h1-4,10H,5-8H2/t10-/m1/s1. The summed E-state index contributed by atoms with van der Waals surface area (Å²) in [6.07, 6.45) is -4.84. The van der Waals surface area contributed by atoms with Crippen molar-refractivity contribution in [1.29, 1.82) is 0 Å². The Labute approximate surface area is 134 Å². The molecule has 24 heavy (non-hydrogen) atoms.